The first-order valence-electron chi connectivity index (χ1n) is 12.6. The summed E-state index contributed by atoms with van der Waals surface area (Å²) in [7, 11) is -5.19. The summed E-state index contributed by atoms with van der Waals surface area (Å²) in [5.41, 5.74) is 9.93. The molecule has 3 heterocycles. The summed E-state index contributed by atoms with van der Waals surface area (Å²) in [6.45, 7) is -1.89. The van der Waals surface area contributed by atoms with Crippen molar-refractivity contribution in [2.75, 3.05) is 24.6 Å². The van der Waals surface area contributed by atoms with Gasteiger partial charge in [-0.2, -0.15) is 4.98 Å². The number of nitrogens with two attached hydrogens (primary N) is 2. The van der Waals surface area contributed by atoms with Crippen LogP contribution in [0.5, 0.6) is 0 Å². The number of carboxylic acids is 1. The number of carboxylic acid groups (broad SMARTS) is 1. The van der Waals surface area contributed by atoms with Crippen molar-refractivity contribution >= 4 is 60.6 Å². The van der Waals surface area contributed by atoms with Gasteiger partial charge in [-0.15, -0.1) is 4.91 Å². The molecule has 0 aromatic carbocycles. The molecule has 2 aromatic rings. The van der Waals surface area contributed by atoms with Crippen molar-refractivity contribution in [3.8, 4) is 0 Å². The fourth-order valence-electron chi connectivity index (χ4n) is 3.83. The number of fused-ring (bicyclic) bond motifs is 1. The summed E-state index contributed by atoms with van der Waals surface area (Å²) < 4.78 is 30.5. The quantitative estimate of drug-likeness (QED) is 0.0465. The maximum absolute atomic E-state index is 12.4. The molecular formula is C20H28N9O14PS. The summed E-state index contributed by atoms with van der Waals surface area (Å²) in [4.78, 5) is 89.8. The van der Waals surface area contributed by atoms with Crippen LogP contribution < -0.4 is 27.7 Å². The van der Waals surface area contributed by atoms with Crippen LogP contribution in [0.4, 0.5) is 5.95 Å². The number of phosphoric ester groups is 1. The minimum atomic E-state index is -5.19. The number of rotatable bonds is 16. The Morgan fingerprint density at radius 3 is 2.67 bits per heavy atom. The molecule has 2 amide bonds. The van der Waals surface area contributed by atoms with Crippen molar-refractivity contribution in [2.45, 2.75) is 49.5 Å². The van der Waals surface area contributed by atoms with E-state index in [1.807, 2.05) is 5.32 Å². The topological polar surface area (TPSA) is 363 Å². The maximum Gasteiger partial charge on any atom is 0.529 e. The zero-order chi connectivity index (χ0) is 33.5. The van der Waals surface area contributed by atoms with Gasteiger partial charge >= 0.3 is 19.8 Å². The van der Waals surface area contributed by atoms with Crippen molar-refractivity contribution in [1.29, 1.82) is 0 Å². The average molecular weight is 682 g/mol. The van der Waals surface area contributed by atoms with E-state index in [4.69, 9.17) is 25.8 Å². The Bertz CT molecular complexity index is 1540. The van der Waals surface area contributed by atoms with Crippen LogP contribution in [0.1, 0.15) is 19.1 Å². The Kier molecular flexibility index (Phi) is 12.1. The maximum atomic E-state index is 12.4. The first kappa shape index (κ1) is 35.4. The van der Waals surface area contributed by atoms with Crippen molar-refractivity contribution in [1.82, 2.24) is 30.2 Å². The van der Waals surface area contributed by atoms with Crippen LogP contribution >= 0.6 is 19.8 Å². The van der Waals surface area contributed by atoms with Gasteiger partial charge in [-0.1, -0.05) is 0 Å². The number of nitrogens with one attached hydrogen (secondary N) is 3. The molecule has 25 heteroatoms. The number of nitrogen functional groups attached to an aromatic ring is 1. The number of amides is 2. The molecule has 7 atom stereocenters. The minimum Gasteiger partial charge on any atom is -0.480 e. The first-order valence-corrected chi connectivity index (χ1v) is 15.0. The third-order valence-electron chi connectivity index (χ3n) is 6.03. The van der Waals surface area contributed by atoms with Gasteiger partial charge in [0.05, 0.1) is 12.9 Å². The lowest BCUT2D eigenvalue weighted by molar-refractivity contribution is -0.139. The predicted octanol–water partition coefficient (Wildman–Crippen LogP) is -3.81. The van der Waals surface area contributed by atoms with Gasteiger partial charge in [0.15, 0.2) is 17.4 Å². The summed E-state index contributed by atoms with van der Waals surface area (Å²) in [5, 5.41) is 33.9. The fourth-order valence-corrected chi connectivity index (χ4v) is 4.98. The lowest BCUT2D eigenvalue weighted by Gasteiger charge is -2.18. The monoisotopic (exact) mass is 681 g/mol. The highest BCUT2D eigenvalue weighted by Crippen LogP contribution is 2.44. The van der Waals surface area contributed by atoms with Crippen molar-refractivity contribution in [2.24, 2.45) is 10.3 Å². The molecule has 0 spiro atoms. The molecule has 248 valence electrons. The second-order valence-electron chi connectivity index (χ2n) is 9.24. The Hall–Kier alpha value is -4.03. The molecule has 1 aliphatic rings. The van der Waals surface area contributed by atoms with Crippen LogP contribution in [0.15, 0.2) is 15.7 Å². The number of hydrogen-bond donors (Lipinski definition) is 9. The van der Waals surface area contributed by atoms with Crippen LogP contribution in [0.25, 0.3) is 11.2 Å². The first-order chi connectivity index (χ1) is 21.1. The van der Waals surface area contributed by atoms with Crippen LogP contribution in [0.3, 0.4) is 0 Å². The Balaban J connectivity index is 1.52. The number of aliphatic carboxylic acids is 1. The van der Waals surface area contributed by atoms with E-state index < -0.39 is 86.9 Å². The molecule has 0 bridgehead atoms. The molecule has 1 aliphatic heterocycles. The third kappa shape index (κ3) is 9.48. The summed E-state index contributed by atoms with van der Waals surface area (Å²) in [6.07, 6.45) is -5.77. The molecule has 2 aromatic heterocycles. The van der Waals surface area contributed by atoms with E-state index in [1.165, 1.54) is 0 Å². The smallest absolute Gasteiger partial charge is 0.480 e. The number of carbonyl (C=O) groups excluding carboxylic acids is 3. The molecule has 1 fully saturated rings. The van der Waals surface area contributed by atoms with E-state index in [-0.39, 0.29) is 35.7 Å². The van der Waals surface area contributed by atoms with Gasteiger partial charge in [0.25, 0.3) is 5.56 Å². The SMILES string of the molecule is Nc1nc2c(ncn2[C@@H]2O[C@H](COP(=O)(O)OC(=O)CNC(=O)C(CSN=O)NC(=O)CCC(N)C(=O)O)[C@@H](O)[C@H]2O)c(=O)[nH]1. The number of aliphatic hydroxyl groups is 2. The number of nitroso groups, excluding NO2 is 1. The molecule has 0 aliphatic carbocycles. The number of ether oxygens (including phenoxy) is 1. The number of aromatic amines is 1. The third-order valence-corrected chi connectivity index (χ3v) is 7.53. The lowest BCUT2D eigenvalue weighted by Crippen LogP contribution is -2.49. The molecule has 11 N–H and O–H groups in total. The summed E-state index contributed by atoms with van der Waals surface area (Å²) in [5.74, 6) is -5.29. The van der Waals surface area contributed by atoms with Gasteiger partial charge in [-0.05, 0) is 6.42 Å². The highest BCUT2D eigenvalue weighted by Gasteiger charge is 2.45. The van der Waals surface area contributed by atoms with Crippen LogP contribution in [-0.4, -0.2) is 113 Å². The van der Waals surface area contributed by atoms with E-state index in [0.29, 0.717) is 11.9 Å². The normalized spacial score (nSPS) is 22.2. The van der Waals surface area contributed by atoms with Gasteiger partial charge in [0.2, 0.25) is 17.8 Å². The fraction of sp³-hybridized carbons (Fsp3) is 0.550. The van der Waals surface area contributed by atoms with Gasteiger partial charge in [0, 0.05) is 28.7 Å². The molecular weight excluding hydrogens is 653 g/mol. The second kappa shape index (κ2) is 15.3. The number of imidazole rings is 1. The molecule has 1 saturated heterocycles. The zero-order valence-corrected chi connectivity index (χ0v) is 24.5. The number of H-pyrrole nitrogens is 1. The zero-order valence-electron chi connectivity index (χ0n) is 22.7. The van der Waals surface area contributed by atoms with Gasteiger partial charge in [-0.25, -0.2) is 14.3 Å². The molecule has 3 rings (SSSR count). The number of hydrogen-bond acceptors (Lipinski definition) is 18. The van der Waals surface area contributed by atoms with E-state index in [0.717, 1.165) is 10.9 Å². The van der Waals surface area contributed by atoms with Gasteiger partial charge in [0.1, 0.15) is 36.9 Å². The number of nitrogens with zero attached hydrogens (tertiary/aromatic N) is 4. The highest BCUT2D eigenvalue weighted by atomic mass is 32.2. The summed E-state index contributed by atoms with van der Waals surface area (Å²) in [6, 6.07) is -2.76. The van der Waals surface area contributed by atoms with E-state index in [1.54, 1.807) is 0 Å². The van der Waals surface area contributed by atoms with Crippen molar-refractivity contribution in [3.63, 3.8) is 0 Å². The predicted molar refractivity (Wildman–Crippen MR) is 148 cm³/mol. The average Bonchev–Trinajstić information content (AvgIpc) is 3.51. The van der Waals surface area contributed by atoms with Gasteiger partial charge < -0.3 is 46.7 Å². The molecule has 45 heavy (non-hydrogen) atoms. The molecule has 0 saturated carbocycles. The van der Waals surface area contributed by atoms with Crippen LogP contribution in [-0.2, 0) is 37.5 Å². The van der Waals surface area contributed by atoms with E-state index in [9.17, 15) is 48.6 Å². The standard InChI is InChI=1S/C20H28N9O14PS/c21-7(19(36)37)1-2-10(30)25-8(5-45-28-38)16(34)23-3-11(31)43-44(39,40)41-4-9-13(32)14(33)18(42-9)29-6-24-12-15(29)26-20(22)27-17(12)35/h6-9,13-14,18,32-33H,1-5,21H2,(H,23,34)(H,25,30)(H,36,37)(H,39,40)(H3,22,26,27,35)/t7?,8?,9-,13-,14-,18-/m1/s1. The number of aliphatic hydroxyl groups excluding tert-OH is 2. The van der Waals surface area contributed by atoms with E-state index in [2.05, 4.69) is 29.4 Å². The van der Waals surface area contributed by atoms with Gasteiger partial charge in [-0.3, -0.25) is 38.1 Å². The van der Waals surface area contributed by atoms with Crippen LogP contribution in [0, 0.1) is 4.91 Å². The van der Waals surface area contributed by atoms with Crippen molar-refractivity contribution in [3.05, 3.63) is 21.6 Å². The molecule has 3 unspecified atom stereocenters. The number of anilines is 1. The van der Waals surface area contributed by atoms with Crippen LogP contribution in [0.2, 0.25) is 0 Å². The Morgan fingerprint density at radius 1 is 1.29 bits per heavy atom. The molecule has 23 nitrogen and oxygen atoms in total. The second-order valence-corrected chi connectivity index (χ2v) is 11.4. The van der Waals surface area contributed by atoms with Crippen molar-refractivity contribution < 1.29 is 57.7 Å². The highest BCUT2D eigenvalue weighted by molar-refractivity contribution is 7.97. The Morgan fingerprint density at radius 2 is 2.00 bits per heavy atom. The lowest BCUT2D eigenvalue weighted by atomic mass is 10.1. The number of phosphoric acid groups is 1. The Labute approximate surface area is 254 Å². The number of carbonyl (C=O) groups is 4. The molecule has 0 radical (unpaired) electrons. The number of aromatic nitrogens is 4. The minimum absolute atomic E-state index is 0.0944. The largest absolute Gasteiger partial charge is 0.529 e. The summed E-state index contributed by atoms with van der Waals surface area (Å²) >= 11 is 0.355. The van der Waals surface area contributed by atoms with E-state index >= 15 is 0 Å².